The molecular formula is C32H34F2N4O4. The Morgan fingerprint density at radius 1 is 0.786 bits per heavy atom. The molecule has 8 nitrogen and oxygen atoms in total. The third kappa shape index (κ3) is 6.82. The number of benzene rings is 3. The summed E-state index contributed by atoms with van der Waals surface area (Å²) in [5.41, 5.74) is 7.79. The molecule has 0 heterocycles. The molecule has 0 aromatic heterocycles. The lowest BCUT2D eigenvalue weighted by Gasteiger charge is -2.31. The van der Waals surface area contributed by atoms with Crippen LogP contribution in [0.15, 0.2) is 78.9 Å². The van der Waals surface area contributed by atoms with Crippen LogP contribution in [0.5, 0.6) is 0 Å². The number of carbonyl (C=O) groups excluding carboxylic acids is 4. The van der Waals surface area contributed by atoms with Gasteiger partial charge in [-0.2, -0.15) is 0 Å². The van der Waals surface area contributed by atoms with Gasteiger partial charge in [0.1, 0.15) is 11.5 Å². The van der Waals surface area contributed by atoms with E-state index in [0.717, 1.165) is 22.3 Å². The molecule has 0 aliphatic heterocycles. The Morgan fingerprint density at radius 3 is 1.98 bits per heavy atom. The van der Waals surface area contributed by atoms with E-state index in [0.29, 0.717) is 24.8 Å². The van der Waals surface area contributed by atoms with Gasteiger partial charge in [0.2, 0.25) is 17.7 Å². The van der Waals surface area contributed by atoms with Crippen LogP contribution in [0.4, 0.5) is 8.78 Å². The van der Waals surface area contributed by atoms with Crippen LogP contribution in [-0.2, 0) is 19.8 Å². The first kappa shape index (κ1) is 30.4. The van der Waals surface area contributed by atoms with E-state index in [1.165, 1.54) is 0 Å². The lowest BCUT2D eigenvalue weighted by Crippen LogP contribution is -2.47. The van der Waals surface area contributed by atoms with Crippen molar-refractivity contribution in [3.8, 4) is 11.1 Å². The lowest BCUT2D eigenvalue weighted by molar-refractivity contribution is -0.126. The number of alkyl halides is 2. The molecule has 5 N–H and O–H groups in total. The minimum atomic E-state index is -2.68. The molecule has 3 aromatic carbocycles. The molecule has 1 unspecified atom stereocenters. The second kappa shape index (κ2) is 13.8. The van der Waals surface area contributed by atoms with Crippen molar-refractivity contribution >= 4 is 23.6 Å². The maximum Gasteiger partial charge on any atom is 0.255 e. The smallest absolute Gasteiger partial charge is 0.255 e. The second-order valence-electron chi connectivity index (χ2n) is 10.2. The zero-order valence-electron chi connectivity index (χ0n) is 23.1. The molecule has 0 saturated carbocycles. The molecule has 4 amide bonds. The Balaban J connectivity index is 1.44. The molecule has 0 bridgehead atoms. The third-order valence-corrected chi connectivity index (χ3v) is 7.48. The highest BCUT2D eigenvalue weighted by atomic mass is 19.3. The molecule has 0 fully saturated rings. The molecule has 10 heteroatoms. The zero-order chi connectivity index (χ0) is 30.1. The minimum Gasteiger partial charge on any atom is -0.370 e. The number of fused-ring (bicyclic) bond motifs is 3. The summed E-state index contributed by atoms with van der Waals surface area (Å²) in [6.07, 6.45) is -1.41. The van der Waals surface area contributed by atoms with Gasteiger partial charge < -0.3 is 21.7 Å². The Morgan fingerprint density at radius 2 is 1.38 bits per heavy atom. The van der Waals surface area contributed by atoms with Crippen molar-refractivity contribution in [1.29, 1.82) is 0 Å². The van der Waals surface area contributed by atoms with Gasteiger partial charge in [-0.05, 0) is 60.1 Å². The van der Waals surface area contributed by atoms with Crippen LogP contribution in [0.3, 0.4) is 0 Å². The summed E-state index contributed by atoms with van der Waals surface area (Å²) in [5, 5.41) is 7.91. The van der Waals surface area contributed by atoms with E-state index in [9.17, 15) is 28.0 Å². The second-order valence-corrected chi connectivity index (χ2v) is 10.2. The maximum absolute atomic E-state index is 13.6. The molecule has 42 heavy (non-hydrogen) atoms. The Labute approximate surface area is 243 Å². The van der Waals surface area contributed by atoms with Gasteiger partial charge in [-0.1, -0.05) is 66.7 Å². The van der Waals surface area contributed by atoms with E-state index >= 15 is 0 Å². The highest BCUT2D eigenvalue weighted by Gasteiger charge is 2.48. The number of unbranched alkanes of at least 4 members (excludes halogenated alkanes) is 1. The number of amides is 4. The van der Waals surface area contributed by atoms with E-state index in [1.54, 1.807) is 30.3 Å². The van der Waals surface area contributed by atoms with Gasteiger partial charge in [0.05, 0.1) is 6.54 Å². The van der Waals surface area contributed by atoms with Crippen LogP contribution in [0.25, 0.3) is 11.1 Å². The summed E-state index contributed by atoms with van der Waals surface area (Å²) < 4.78 is 26.1. The number of primary amides is 1. The van der Waals surface area contributed by atoms with Crippen molar-refractivity contribution in [3.05, 3.63) is 95.6 Å². The van der Waals surface area contributed by atoms with Crippen LogP contribution in [0.2, 0.25) is 0 Å². The molecule has 220 valence electrons. The van der Waals surface area contributed by atoms with Crippen LogP contribution >= 0.6 is 0 Å². The van der Waals surface area contributed by atoms with Gasteiger partial charge in [-0.3, -0.25) is 19.2 Å². The van der Waals surface area contributed by atoms with E-state index in [1.807, 2.05) is 48.5 Å². The van der Waals surface area contributed by atoms with Gasteiger partial charge in [0.15, 0.2) is 0 Å². The molecule has 0 radical (unpaired) electrons. The molecule has 1 atom stereocenters. The summed E-state index contributed by atoms with van der Waals surface area (Å²) in [4.78, 5) is 50.6. The fraction of sp³-hybridized carbons (Fsp3) is 0.312. The van der Waals surface area contributed by atoms with Crippen molar-refractivity contribution in [3.63, 3.8) is 0 Å². The number of halogens is 2. The first-order valence-electron chi connectivity index (χ1n) is 13.9. The predicted molar refractivity (Wildman–Crippen MR) is 155 cm³/mol. The Kier molecular flexibility index (Phi) is 10.0. The van der Waals surface area contributed by atoms with Crippen LogP contribution in [-0.4, -0.2) is 49.2 Å². The van der Waals surface area contributed by atoms with Crippen molar-refractivity contribution < 1.29 is 28.0 Å². The Hall–Kier alpha value is -4.60. The summed E-state index contributed by atoms with van der Waals surface area (Å²) in [6, 6.07) is 22.4. The van der Waals surface area contributed by atoms with Gasteiger partial charge in [-0.25, -0.2) is 8.78 Å². The number of carbonyl (C=O) groups is 4. The topological polar surface area (TPSA) is 130 Å². The van der Waals surface area contributed by atoms with E-state index in [4.69, 9.17) is 5.73 Å². The zero-order valence-corrected chi connectivity index (χ0v) is 23.1. The highest BCUT2D eigenvalue weighted by molar-refractivity contribution is 6.00. The first-order valence-corrected chi connectivity index (χ1v) is 13.9. The quantitative estimate of drug-likeness (QED) is 0.218. The summed E-state index contributed by atoms with van der Waals surface area (Å²) >= 11 is 0. The van der Waals surface area contributed by atoms with Gasteiger partial charge in [0, 0.05) is 18.5 Å². The highest BCUT2D eigenvalue weighted by Crippen LogP contribution is 2.51. The molecule has 3 aromatic rings. The number of rotatable bonds is 14. The molecule has 4 rings (SSSR count). The van der Waals surface area contributed by atoms with Crippen molar-refractivity contribution in [2.75, 3.05) is 13.1 Å². The fourth-order valence-electron chi connectivity index (χ4n) is 5.51. The number of nitrogens with two attached hydrogens (primary N) is 1. The molecule has 0 saturated heterocycles. The number of nitrogens with one attached hydrogen (secondary N) is 3. The van der Waals surface area contributed by atoms with Crippen LogP contribution < -0.4 is 21.7 Å². The Bertz CT molecular complexity index is 1390. The fourth-order valence-corrected chi connectivity index (χ4v) is 5.51. The standard InChI is InChI=1S/C32H34F2N4O4/c33-27(34)20-37-31(42)32(24-14-6-4-12-22(24)23-13-5-7-15-25(23)32)18-8-9-19-36-30(41)26(16-17-28(35)39)38-29(40)21-10-2-1-3-11-21/h1-7,10-15,26-27H,8-9,16-20H2,(H2,35,39)(H,36,41)(H,37,42)(H,38,40). The average molecular weight is 577 g/mol. The summed E-state index contributed by atoms with van der Waals surface area (Å²) in [6.45, 7) is -0.506. The van der Waals surface area contributed by atoms with Gasteiger partial charge >= 0.3 is 0 Å². The summed E-state index contributed by atoms with van der Waals surface area (Å²) in [5.74, 6) is -1.98. The van der Waals surface area contributed by atoms with Crippen LogP contribution in [0.1, 0.15) is 53.6 Å². The van der Waals surface area contributed by atoms with Gasteiger partial charge in [0.25, 0.3) is 12.3 Å². The van der Waals surface area contributed by atoms with E-state index in [-0.39, 0.29) is 19.4 Å². The summed E-state index contributed by atoms with van der Waals surface area (Å²) in [7, 11) is 0. The monoisotopic (exact) mass is 576 g/mol. The predicted octanol–water partition coefficient (Wildman–Crippen LogP) is 3.69. The van der Waals surface area contributed by atoms with Crippen molar-refractivity contribution in [2.45, 2.75) is 50.0 Å². The van der Waals surface area contributed by atoms with Gasteiger partial charge in [-0.15, -0.1) is 0 Å². The maximum atomic E-state index is 13.6. The van der Waals surface area contributed by atoms with E-state index < -0.39 is 48.1 Å². The first-order chi connectivity index (χ1) is 20.2. The third-order valence-electron chi connectivity index (χ3n) is 7.48. The van der Waals surface area contributed by atoms with Crippen molar-refractivity contribution in [1.82, 2.24) is 16.0 Å². The molecule has 0 spiro atoms. The molecular weight excluding hydrogens is 542 g/mol. The minimum absolute atomic E-state index is 0.0424. The number of hydrogen-bond donors (Lipinski definition) is 4. The average Bonchev–Trinajstić information content (AvgIpc) is 3.28. The molecule has 1 aliphatic carbocycles. The number of hydrogen-bond acceptors (Lipinski definition) is 4. The molecule has 1 aliphatic rings. The van der Waals surface area contributed by atoms with E-state index in [2.05, 4.69) is 16.0 Å². The lowest BCUT2D eigenvalue weighted by atomic mass is 9.73. The van der Waals surface area contributed by atoms with Crippen molar-refractivity contribution in [2.24, 2.45) is 5.73 Å². The largest absolute Gasteiger partial charge is 0.370 e. The van der Waals surface area contributed by atoms with Crippen LogP contribution in [0, 0.1) is 0 Å². The normalized spacial score (nSPS) is 13.5. The SMILES string of the molecule is NC(=O)CCC(NC(=O)c1ccccc1)C(=O)NCCCCC1(C(=O)NCC(F)F)c2ccccc2-c2ccccc21.